The van der Waals surface area contributed by atoms with E-state index in [0.29, 0.717) is 17.8 Å². The van der Waals surface area contributed by atoms with Gasteiger partial charge in [-0.1, -0.05) is 67.5 Å². The Kier molecular flexibility index (Phi) is 5.64. The first-order valence-corrected chi connectivity index (χ1v) is 7.90. The Hall–Kier alpha value is -0.780. The molecule has 0 heteroatoms. The van der Waals surface area contributed by atoms with E-state index in [2.05, 4.69) is 67.5 Å². The molecule has 0 atom stereocenters. The minimum Gasteiger partial charge on any atom is -0.0625 e. The van der Waals surface area contributed by atoms with Gasteiger partial charge in [0.05, 0.1) is 0 Å². The Balaban J connectivity index is 3.44. The summed E-state index contributed by atoms with van der Waals surface area (Å²) in [5.41, 5.74) is 6.25. The highest BCUT2D eigenvalue weighted by Crippen LogP contribution is 2.35. The molecule has 108 valence electrons. The molecule has 19 heavy (non-hydrogen) atoms. The molecule has 0 aliphatic rings. The van der Waals surface area contributed by atoms with Crippen LogP contribution in [0.4, 0.5) is 0 Å². The minimum absolute atomic E-state index is 0.613. The van der Waals surface area contributed by atoms with Gasteiger partial charge >= 0.3 is 0 Å². The zero-order chi connectivity index (χ0) is 14.7. The van der Waals surface area contributed by atoms with Gasteiger partial charge in [-0.25, -0.2) is 0 Å². The third kappa shape index (κ3) is 4.09. The fraction of sp³-hybridized carbons (Fsp3) is 0.684. The van der Waals surface area contributed by atoms with Crippen LogP contribution in [0.25, 0.3) is 0 Å². The van der Waals surface area contributed by atoms with Gasteiger partial charge in [0.2, 0.25) is 0 Å². The minimum atomic E-state index is 0.613. The second kappa shape index (κ2) is 6.59. The molecule has 0 spiro atoms. The summed E-state index contributed by atoms with van der Waals surface area (Å²) >= 11 is 0. The average molecular weight is 260 g/mol. The van der Waals surface area contributed by atoms with E-state index < -0.39 is 0 Å². The molecule has 0 amide bonds. The summed E-state index contributed by atoms with van der Waals surface area (Å²) in [6.45, 7) is 18.6. The van der Waals surface area contributed by atoms with Gasteiger partial charge in [-0.05, 0) is 52.3 Å². The lowest BCUT2D eigenvalue weighted by Gasteiger charge is -2.24. The van der Waals surface area contributed by atoms with Gasteiger partial charge in [0.15, 0.2) is 0 Å². The first-order chi connectivity index (χ1) is 8.73. The van der Waals surface area contributed by atoms with E-state index >= 15 is 0 Å². The molecule has 0 N–H and O–H groups in total. The molecule has 0 saturated heterocycles. The predicted molar refractivity (Wildman–Crippen MR) is 87.3 cm³/mol. The zero-order valence-corrected chi connectivity index (χ0v) is 14.2. The first-order valence-electron chi connectivity index (χ1n) is 7.90. The molecule has 0 aliphatic carbocycles. The van der Waals surface area contributed by atoms with E-state index in [9.17, 15) is 0 Å². The summed E-state index contributed by atoms with van der Waals surface area (Å²) in [5.74, 6) is 2.57. The zero-order valence-electron chi connectivity index (χ0n) is 14.2. The van der Waals surface area contributed by atoms with Gasteiger partial charge < -0.3 is 0 Å². The Morgan fingerprint density at radius 3 is 1.37 bits per heavy atom. The molecule has 0 bridgehead atoms. The Labute approximate surface area is 120 Å². The maximum atomic E-state index is 2.46. The van der Waals surface area contributed by atoms with Crippen molar-refractivity contribution >= 4 is 0 Å². The fourth-order valence-electron chi connectivity index (χ4n) is 2.97. The van der Waals surface area contributed by atoms with E-state index in [4.69, 9.17) is 0 Å². The largest absolute Gasteiger partial charge is 0.0625 e. The van der Waals surface area contributed by atoms with Gasteiger partial charge in [0.1, 0.15) is 0 Å². The molecule has 0 aromatic heterocycles. The Bertz CT molecular complexity index is 379. The van der Waals surface area contributed by atoms with Gasteiger partial charge in [-0.2, -0.15) is 0 Å². The Morgan fingerprint density at radius 2 is 1.11 bits per heavy atom. The molecule has 0 nitrogen and oxygen atoms in total. The van der Waals surface area contributed by atoms with Crippen LogP contribution in [0, 0.1) is 5.92 Å². The van der Waals surface area contributed by atoms with Crippen LogP contribution in [-0.4, -0.2) is 0 Å². The highest BCUT2D eigenvalue weighted by Gasteiger charge is 2.18. The van der Waals surface area contributed by atoms with Crippen LogP contribution >= 0.6 is 0 Å². The normalized spacial score (nSPS) is 12.2. The van der Waals surface area contributed by atoms with Crippen molar-refractivity contribution < 1.29 is 0 Å². The van der Waals surface area contributed by atoms with E-state index in [1.807, 2.05) is 0 Å². The van der Waals surface area contributed by atoms with Crippen molar-refractivity contribution in [3.8, 4) is 0 Å². The van der Waals surface area contributed by atoms with E-state index in [1.165, 1.54) is 12.0 Å². The summed E-state index contributed by atoms with van der Waals surface area (Å²) in [6, 6.07) is 4.93. The predicted octanol–water partition coefficient (Wildman–Crippen LogP) is 6.26. The maximum Gasteiger partial charge on any atom is -0.0213 e. The third-order valence-electron chi connectivity index (χ3n) is 3.77. The van der Waals surface area contributed by atoms with E-state index in [1.54, 1.807) is 16.7 Å². The SMILES string of the molecule is CC(C)Cc1cc(C(C)C)c(C(C)C)c(C(C)C)c1. The van der Waals surface area contributed by atoms with Crippen molar-refractivity contribution in [3.05, 3.63) is 34.4 Å². The number of hydrogen-bond acceptors (Lipinski definition) is 0. The van der Waals surface area contributed by atoms with Crippen LogP contribution in [0.1, 0.15) is 95.4 Å². The van der Waals surface area contributed by atoms with Crippen LogP contribution in [0.2, 0.25) is 0 Å². The van der Waals surface area contributed by atoms with E-state index in [0.717, 1.165) is 5.92 Å². The van der Waals surface area contributed by atoms with Crippen LogP contribution in [0.3, 0.4) is 0 Å². The van der Waals surface area contributed by atoms with Gasteiger partial charge in [-0.3, -0.25) is 0 Å². The summed E-state index contributed by atoms with van der Waals surface area (Å²) in [6.07, 6.45) is 1.19. The fourth-order valence-corrected chi connectivity index (χ4v) is 2.97. The Morgan fingerprint density at radius 1 is 0.684 bits per heavy atom. The summed E-state index contributed by atoms with van der Waals surface area (Å²) in [7, 11) is 0. The van der Waals surface area contributed by atoms with Gasteiger partial charge in [0, 0.05) is 0 Å². The number of rotatable bonds is 5. The topological polar surface area (TPSA) is 0 Å². The molecule has 0 aliphatic heterocycles. The van der Waals surface area contributed by atoms with Crippen molar-refractivity contribution in [3.63, 3.8) is 0 Å². The van der Waals surface area contributed by atoms with Gasteiger partial charge in [0.25, 0.3) is 0 Å². The third-order valence-corrected chi connectivity index (χ3v) is 3.77. The summed E-state index contributed by atoms with van der Waals surface area (Å²) < 4.78 is 0. The summed E-state index contributed by atoms with van der Waals surface area (Å²) in [4.78, 5) is 0. The quantitative estimate of drug-likeness (QED) is 0.586. The lowest BCUT2D eigenvalue weighted by atomic mass is 9.81. The number of benzene rings is 1. The molecule has 0 unspecified atom stereocenters. The molecule has 0 saturated carbocycles. The van der Waals surface area contributed by atoms with Crippen molar-refractivity contribution in [1.82, 2.24) is 0 Å². The van der Waals surface area contributed by atoms with Gasteiger partial charge in [-0.15, -0.1) is 0 Å². The molecule has 0 heterocycles. The lowest BCUT2D eigenvalue weighted by Crippen LogP contribution is -2.08. The van der Waals surface area contributed by atoms with Crippen LogP contribution in [0.15, 0.2) is 12.1 Å². The maximum absolute atomic E-state index is 2.46. The second-order valence-corrected chi connectivity index (χ2v) is 7.25. The number of hydrogen-bond donors (Lipinski definition) is 0. The molecular weight excluding hydrogens is 228 g/mol. The summed E-state index contributed by atoms with van der Waals surface area (Å²) in [5, 5.41) is 0. The van der Waals surface area contributed by atoms with Crippen LogP contribution < -0.4 is 0 Å². The van der Waals surface area contributed by atoms with Crippen LogP contribution in [-0.2, 0) is 6.42 Å². The molecule has 0 radical (unpaired) electrons. The molecular formula is C19H32. The monoisotopic (exact) mass is 260 g/mol. The van der Waals surface area contributed by atoms with Crippen LogP contribution in [0.5, 0.6) is 0 Å². The van der Waals surface area contributed by atoms with Crippen molar-refractivity contribution in [1.29, 1.82) is 0 Å². The second-order valence-electron chi connectivity index (χ2n) is 7.25. The lowest BCUT2D eigenvalue weighted by molar-refractivity contribution is 0.642. The first kappa shape index (κ1) is 16.3. The molecule has 0 fully saturated rings. The van der Waals surface area contributed by atoms with Crippen molar-refractivity contribution in [2.24, 2.45) is 5.92 Å². The molecule has 1 rings (SSSR count). The smallest absolute Gasteiger partial charge is 0.0213 e. The molecule has 1 aromatic carbocycles. The van der Waals surface area contributed by atoms with E-state index in [-0.39, 0.29) is 0 Å². The molecule has 1 aromatic rings. The highest BCUT2D eigenvalue weighted by atomic mass is 14.2. The van der Waals surface area contributed by atoms with Crippen molar-refractivity contribution in [2.45, 2.75) is 79.6 Å². The average Bonchev–Trinajstić information content (AvgIpc) is 2.26. The highest BCUT2D eigenvalue weighted by molar-refractivity contribution is 5.44. The van der Waals surface area contributed by atoms with Crippen molar-refractivity contribution in [2.75, 3.05) is 0 Å². The standard InChI is InChI=1S/C19H32/c1-12(2)9-16-10-17(13(3)4)19(15(7)8)18(11-16)14(5)6/h10-15H,9H2,1-8H3.